The van der Waals surface area contributed by atoms with Crippen molar-refractivity contribution in [1.82, 2.24) is 20.8 Å². The van der Waals surface area contributed by atoms with E-state index >= 15 is 0 Å². The highest BCUT2D eigenvalue weighted by atomic mass is 35.5. The first kappa shape index (κ1) is 20.2. The van der Waals surface area contributed by atoms with Crippen LogP contribution < -0.4 is 10.6 Å². The third kappa shape index (κ3) is 7.04. The minimum absolute atomic E-state index is 0.0244. The maximum Gasteiger partial charge on any atom is 0.228 e. The first-order valence-corrected chi connectivity index (χ1v) is 9.31. The average Bonchev–Trinajstić information content (AvgIpc) is 2.97. The summed E-state index contributed by atoms with van der Waals surface area (Å²) in [7, 11) is 0. The monoisotopic (exact) mass is 377 g/mol. The number of aromatic nitrogens is 2. The van der Waals surface area contributed by atoms with Crippen LogP contribution in [0.1, 0.15) is 38.0 Å². The second kappa shape index (κ2) is 9.57. The van der Waals surface area contributed by atoms with Gasteiger partial charge in [-0.05, 0) is 43.4 Å². The van der Waals surface area contributed by atoms with Crippen LogP contribution in [-0.4, -0.2) is 35.7 Å². The number of hydrogen-bond donors (Lipinski definition) is 2. The number of nitrogens with zero attached hydrogens (tertiary/aromatic N) is 3. The van der Waals surface area contributed by atoms with E-state index in [0.717, 1.165) is 23.9 Å². The van der Waals surface area contributed by atoms with E-state index < -0.39 is 0 Å². The van der Waals surface area contributed by atoms with Crippen LogP contribution in [0.2, 0.25) is 5.02 Å². The van der Waals surface area contributed by atoms with Crippen LogP contribution in [0.25, 0.3) is 0 Å². The van der Waals surface area contributed by atoms with E-state index in [4.69, 9.17) is 21.1 Å². The van der Waals surface area contributed by atoms with Crippen LogP contribution in [0, 0.1) is 12.3 Å². The first-order chi connectivity index (χ1) is 12.4. The van der Waals surface area contributed by atoms with Gasteiger partial charge >= 0.3 is 0 Å². The minimum atomic E-state index is 0.0244. The second-order valence-corrected chi connectivity index (χ2v) is 7.51. The van der Waals surface area contributed by atoms with Gasteiger partial charge in [0.15, 0.2) is 11.8 Å². The van der Waals surface area contributed by atoms with Crippen LogP contribution >= 0.6 is 11.6 Å². The highest BCUT2D eigenvalue weighted by Gasteiger charge is 2.18. The molecule has 0 atom stereocenters. The van der Waals surface area contributed by atoms with Crippen LogP contribution in [-0.2, 0) is 12.8 Å². The van der Waals surface area contributed by atoms with Crippen molar-refractivity contribution in [2.75, 3.05) is 19.6 Å². The summed E-state index contributed by atoms with van der Waals surface area (Å²) in [6, 6.07) is 8.01. The van der Waals surface area contributed by atoms with Crippen molar-refractivity contribution >= 4 is 17.6 Å². The Kier molecular flexibility index (Phi) is 7.45. The van der Waals surface area contributed by atoms with Gasteiger partial charge in [-0.1, -0.05) is 42.7 Å². The van der Waals surface area contributed by atoms with Gasteiger partial charge in [0.2, 0.25) is 5.89 Å². The number of aryl methyl sites for hydroxylation is 1. The fourth-order valence-electron chi connectivity index (χ4n) is 2.62. The Labute approximate surface area is 160 Å². The first-order valence-electron chi connectivity index (χ1n) is 8.94. The van der Waals surface area contributed by atoms with Gasteiger partial charge in [-0.25, -0.2) is 0 Å². The van der Waals surface area contributed by atoms with Crippen molar-refractivity contribution in [2.45, 2.75) is 40.5 Å². The topological polar surface area (TPSA) is 75.3 Å². The standard InChI is InChI=1S/C19H28ClN5O/c1-5-21-18(22-10-9-17-24-14(2)25-26-17)23-13-19(3,4)12-15-7-6-8-16(20)11-15/h6-8,11H,5,9-10,12-13H2,1-4H3,(H2,21,22,23). The number of benzene rings is 1. The molecule has 0 aliphatic heterocycles. The average molecular weight is 378 g/mol. The second-order valence-electron chi connectivity index (χ2n) is 7.08. The molecule has 0 saturated carbocycles. The zero-order chi connectivity index (χ0) is 19.0. The van der Waals surface area contributed by atoms with Gasteiger partial charge in [0.25, 0.3) is 0 Å². The maximum atomic E-state index is 6.09. The Morgan fingerprint density at radius 3 is 2.77 bits per heavy atom. The minimum Gasteiger partial charge on any atom is -0.357 e. The molecule has 0 spiro atoms. The van der Waals surface area contributed by atoms with Gasteiger partial charge in [-0.15, -0.1) is 0 Å². The van der Waals surface area contributed by atoms with Crippen molar-refractivity contribution < 1.29 is 4.52 Å². The number of guanidine groups is 1. The van der Waals surface area contributed by atoms with Crippen LogP contribution in [0.3, 0.4) is 0 Å². The lowest BCUT2D eigenvalue weighted by molar-refractivity contribution is 0.373. The van der Waals surface area contributed by atoms with E-state index in [1.807, 2.05) is 25.1 Å². The van der Waals surface area contributed by atoms with Gasteiger partial charge in [0.1, 0.15) is 0 Å². The van der Waals surface area contributed by atoms with Crippen molar-refractivity contribution in [2.24, 2.45) is 10.4 Å². The lowest BCUT2D eigenvalue weighted by atomic mass is 9.86. The summed E-state index contributed by atoms with van der Waals surface area (Å²) in [4.78, 5) is 8.94. The summed E-state index contributed by atoms with van der Waals surface area (Å²) in [6.45, 7) is 10.5. The molecule has 1 heterocycles. The third-order valence-electron chi connectivity index (χ3n) is 3.78. The van der Waals surface area contributed by atoms with Gasteiger partial charge in [-0.3, -0.25) is 4.99 Å². The molecule has 142 valence electrons. The Hall–Kier alpha value is -2.08. The quantitative estimate of drug-likeness (QED) is 0.544. The van der Waals surface area contributed by atoms with Gasteiger partial charge in [-0.2, -0.15) is 4.98 Å². The molecule has 1 aromatic heterocycles. The van der Waals surface area contributed by atoms with E-state index in [0.29, 0.717) is 31.2 Å². The fourth-order valence-corrected chi connectivity index (χ4v) is 2.83. The summed E-state index contributed by atoms with van der Waals surface area (Å²) < 4.78 is 5.12. The largest absolute Gasteiger partial charge is 0.357 e. The zero-order valence-electron chi connectivity index (χ0n) is 16.0. The summed E-state index contributed by atoms with van der Waals surface area (Å²) in [5, 5.41) is 11.2. The molecule has 26 heavy (non-hydrogen) atoms. The molecule has 0 radical (unpaired) electrons. The molecule has 2 N–H and O–H groups in total. The van der Waals surface area contributed by atoms with Crippen molar-refractivity contribution in [3.8, 4) is 0 Å². The number of nitrogens with one attached hydrogen (secondary N) is 2. The summed E-state index contributed by atoms with van der Waals surface area (Å²) in [5.41, 5.74) is 1.25. The molecule has 7 heteroatoms. The smallest absolute Gasteiger partial charge is 0.228 e. The molecule has 0 bridgehead atoms. The number of aliphatic imine (C=N–C) groups is 1. The normalized spacial score (nSPS) is 12.3. The van der Waals surface area contributed by atoms with E-state index in [1.54, 1.807) is 0 Å². The Balaban J connectivity index is 1.89. The molecule has 0 aliphatic rings. The molecule has 6 nitrogen and oxygen atoms in total. The molecule has 1 aromatic carbocycles. The number of rotatable bonds is 8. The van der Waals surface area contributed by atoms with Gasteiger partial charge in [0, 0.05) is 31.1 Å². The van der Waals surface area contributed by atoms with Crippen LogP contribution in [0.15, 0.2) is 33.8 Å². The third-order valence-corrected chi connectivity index (χ3v) is 4.02. The Morgan fingerprint density at radius 2 is 2.12 bits per heavy atom. The highest BCUT2D eigenvalue weighted by molar-refractivity contribution is 6.30. The number of hydrogen-bond acceptors (Lipinski definition) is 4. The number of halogens is 1. The molecule has 0 saturated heterocycles. The van der Waals surface area contributed by atoms with Crippen LogP contribution in [0.4, 0.5) is 0 Å². The zero-order valence-corrected chi connectivity index (χ0v) is 16.7. The predicted octanol–water partition coefficient (Wildman–Crippen LogP) is 3.40. The van der Waals surface area contributed by atoms with E-state index in [9.17, 15) is 0 Å². The molecular weight excluding hydrogens is 350 g/mol. The molecule has 0 aliphatic carbocycles. The van der Waals surface area contributed by atoms with Crippen molar-refractivity contribution in [3.05, 3.63) is 46.6 Å². The van der Waals surface area contributed by atoms with E-state index in [-0.39, 0.29) is 5.41 Å². The maximum absolute atomic E-state index is 6.09. The lowest BCUT2D eigenvalue weighted by Crippen LogP contribution is -2.39. The van der Waals surface area contributed by atoms with E-state index in [1.165, 1.54) is 5.56 Å². The predicted molar refractivity (Wildman–Crippen MR) is 106 cm³/mol. The molecule has 0 fully saturated rings. The van der Waals surface area contributed by atoms with Crippen LogP contribution in [0.5, 0.6) is 0 Å². The summed E-state index contributed by atoms with van der Waals surface area (Å²) in [5.74, 6) is 2.08. The van der Waals surface area contributed by atoms with Crippen molar-refractivity contribution in [1.29, 1.82) is 0 Å². The SMILES string of the molecule is CCNC(=NCC(C)(C)Cc1cccc(Cl)c1)NCCc1nc(C)no1. The molecule has 0 amide bonds. The molecule has 2 aromatic rings. The molecular formula is C19H28ClN5O. The Bertz CT molecular complexity index is 726. The highest BCUT2D eigenvalue weighted by Crippen LogP contribution is 2.23. The van der Waals surface area contributed by atoms with Crippen molar-refractivity contribution in [3.63, 3.8) is 0 Å². The molecule has 0 unspecified atom stereocenters. The summed E-state index contributed by atoms with van der Waals surface area (Å²) >= 11 is 6.09. The van der Waals surface area contributed by atoms with E-state index in [2.05, 4.69) is 47.6 Å². The fraction of sp³-hybridized carbons (Fsp3) is 0.526. The lowest BCUT2D eigenvalue weighted by Gasteiger charge is -2.23. The van der Waals surface area contributed by atoms with Gasteiger partial charge in [0.05, 0.1) is 0 Å². The molecule has 2 rings (SSSR count). The van der Waals surface area contributed by atoms with Gasteiger partial charge < -0.3 is 15.2 Å². The summed E-state index contributed by atoms with van der Waals surface area (Å²) in [6.07, 6.45) is 1.58. The Morgan fingerprint density at radius 1 is 1.31 bits per heavy atom.